The van der Waals surface area contributed by atoms with Crippen molar-refractivity contribution in [1.29, 1.82) is 0 Å². The maximum Gasteiger partial charge on any atom is 0.0611 e. The summed E-state index contributed by atoms with van der Waals surface area (Å²) in [5.74, 6) is 0.730. The van der Waals surface area contributed by atoms with Gasteiger partial charge in [0.1, 0.15) is 0 Å². The van der Waals surface area contributed by atoms with Crippen LogP contribution in [0, 0.1) is 5.92 Å². The Morgan fingerprint density at radius 2 is 1.71 bits per heavy atom. The SMILES string of the molecule is CNC(C)(CO)CC(C)N(C)C(C)CC(C)C. The van der Waals surface area contributed by atoms with E-state index in [0.29, 0.717) is 12.1 Å². The van der Waals surface area contributed by atoms with Gasteiger partial charge in [-0.3, -0.25) is 0 Å². The maximum absolute atomic E-state index is 9.42. The third kappa shape index (κ3) is 5.84. The van der Waals surface area contributed by atoms with Crippen LogP contribution in [0.2, 0.25) is 0 Å². The van der Waals surface area contributed by atoms with Gasteiger partial charge in [0.25, 0.3) is 0 Å². The molecular weight excluding hydrogens is 212 g/mol. The summed E-state index contributed by atoms with van der Waals surface area (Å²) in [6, 6.07) is 1.05. The average Bonchev–Trinajstić information content (AvgIpc) is 2.26. The highest BCUT2D eigenvalue weighted by atomic mass is 16.3. The van der Waals surface area contributed by atoms with E-state index in [9.17, 15) is 5.11 Å². The highest BCUT2D eigenvalue weighted by molar-refractivity contribution is 4.86. The molecule has 0 fully saturated rings. The van der Waals surface area contributed by atoms with Crippen molar-refractivity contribution in [3.63, 3.8) is 0 Å². The zero-order valence-electron chi connectivity index (χ0n) is 12.7. The molecule has 0 aromatic carbocycles. The first kappa shape index (κ1) is 16.9. The average molecular weight is 244 g/mol. The second-order valence-electron chi connectivity index (χ2n) is 6.17. The number of aliphatic hydroxyl groups excluding tert-OH is 1. The monoisotopic (exact) mass is 244 g/mol. The van der Waals surface area contributed by atoms with Gasteiger partial charge >= 0.3 is 0 Å². The Balaban J connectivity index is 4.34. The second-order valence-corrected chi connectivity index (χ2v) is 6.17. The summed E-state index contributed by atoms with van der Waals surface area (Å²) in [7, 11) is 4.10. The molecule has 104 valence electrons. The molecule has 3 unspecified atom stereocenters. The van der Waals surface area contributed by atoms with Crippen LogP contribution < -0.4 is 5.32 Å². The van der Waals surface area contributed by atoms with Gasteiger partial charge in [0.2, 0.25) is 0 Å². The van der Waals surface area contributed by atoms with E-state index in [1.807, 2.05) is 7.05 Å². The highest BCUT2D eigenvalue weighted by Gasteiger charge is 2.27. The molecule has 0 amide bonds. The molecule has 0 aromatic rings. The molecule has 0 aliphatic rings. The number of nitrogens with zero attached hydrogens (tertiary/aromatic N) is 1. The zero-order chi connectivity index (χ0) is 13.6. The van der Waals surface area contributed by atoms with Crippen molar-refractivity contribution in [1.82, 2.24) is 10.2 Å². The summed E-state index contributed by atoms with van der Waals surface area (Å²) in [4.78, 5) is 2.42. The van der Waals surface area contributed by atoms with Gasteiger partial charge in [-0.15, -0.1) is 0 Å². The minimum absolute atomic E-state index is 0.175. The van der Waals surface area contributed by atoms with Crippen LogP contribution in [0.25, 0.3) is 0 Å². The molecule has 0 saturated carbocycles. The summed E-state index contributed by atoms with van der Waals surface area (Å²) < 4.78 is 0. The molecule has 0 bridgehead atoms. The van der Waals surface area contributed by atoms with Crippen molar-refractivity contribution in [2.75, 3.05) is 20.7 Å². The Bertz CT molecular complexity index is 202. The molecule has 0 rings (SSSR count). The predicted molar refractivity (Wildman–Crippen MR) is 75.3 cm³/mol. The molecule has 0 radical (unpaired) electrons. The van der Waals surface area contributed by atoms with Gasteiger partial charge < -0.3 is 15.3 Å². The Kier molecular flexibility index (Phi) is 7.29. The summed E-state index contributed by atoms with van der Waals surface area (Å²) in [6.45, 7) is 11.3. The molecular formula is C14H32N2O. The number of nitrogens with one attached hydrogen (secondary N) is 1. The van der Waals surface area contributed by atoms with Crippen molar-refractivity contribution >= 4 is 0 Å². The Morgan fingerprint density at radius 1 is 1.18 bits per heavy atom. The number of hydrogen-bond acceptors (Lipinski definition) is 3. The van der Waals surface area contributed by atoms with Crippen LogP contribution >= 0.6 is 0 Å². The number of likely N-dealkylation sites (N-methyl/N-ethyl adjacent to an activating group) is 1. The van der Waals surface area contributed by atoms with Gasteiger partial charge in [-0.1, -0.05) is 13.8 Å². The molecule has 2 N–H and O–H groups in total. The first-order valence-electron chi connectivity index (χ1n) is 6.77. The molecule has 3 nitrogen and oxygen atoms in total. The van der Waals surface area contributed by atoms with Crippen molar-refractivity contribution in [2.24, 2.45) is 5.92 Å². The maximum atomic E-state index is 9.42. The molecule has 0 saturated heterocycles. The molecule has 0 aliphatic carbocycles. The molecule has 3 heteroatoms. The van der Waals surface area contributed by atoms with E-state index >= 15 is 0 Å². The third-order valence-corrected chi connectivity index (χ3v) is 3.90. The third-order valence-electron chi connectivity index (χ3n) is 3.90. The van der Waals surface area contributed by atoms with E-state index in [2.05, 4.69) is 51.9 Å². The fourth-order valence-electron chi connectivity index (χ4n) is 2.32. The first-order chi connectivity index (χ1) is 7.75. The Morgan fingerprint density at radius 3 is 2.06 bits per heavy atom. The van der Waals surface area contributed by atoms with E-state index < -0.39 is 0 Å². The zero-order valence-corrected chi connectivity index (χ0v) is 12.7. The lowest BCUT2D eigenvalue weighted by atomic mass is 9.93. The normalized spacial score (nSPS) is 19.4. The predicted octanol–water partition coefficient (Wildman–Crippen LogP) is 2.10. The van der Waals surface area contributed by atoms with E-state index in [1.54, 1.807) is 0 Å². The lowest BCUT2D eigenvalue weighted by molar-refractivity contribution is 0.108. The number of hydrogen-bond donors (Lipinski definition) is 2. The molecule has 0 aromatic heterocycles. The summed E-state index contributed by atoms with van der Waals surface area (Å²) in [6.07, 6.45) is 2.18. The van der Waals surface area contributed by atoms with Gasteiger partial charge in [0.05, 0.1) is 6.61 Å². The van der Waals surface area contributed by atoms with Crippen LogP contribution in [0.15, 0.2) is 0 Å². The van der Waals surface area contributed by atoms with Crippen LogP contribution in [0.5, 0.6) is 0 Å². The van der Waals surface area contributed by atoms with Gasteiger partial charge in [-0.2, -0.15) is 0 Å². The molecule has 0 heterocycles. The van der Waals surface area contributed by atoms with Crippen molar-refractivity contribution in [3.8, 4) is 0 Å². The fourth-order valence-corrected chi connectivity index (χ4v) is 2.32. The van der Waals surface area contributed by atoms with E-state index in [0.717, 1.165) is 12.3 Å². The second kappa shape index (κ2) is 7.34. The van der Waals surface area contributed by atoms with Gasteiger partial charge in [-0.05, 0) is 53.6 Å². The lowest BCUT2D eigenvalue weighted by Gasteiger charge is -2.37. The summed E-state index contributed by atoms with van der Waals surface area (Å²) >= 11 is 0. The minimum Gasteiger partial charge on any atom is -0.394 e. The van der Waals surface area contributed by atoms with E-state index in [-0.39, 0.29) is 12.1 Å². The fraction of sp³-hybridized carbons (Fsp3) is 1.00. The lowest BCUT2D eigenvalue weighted by Crippen LogP contribution is -2.50. The van der Waals surface area contributed by atoms with Crippen molar-refractivity contribution in [2.45, 2.75) is 65.1 Å². The number of rotatable bonds is 8. The smallest absolute Gasteiger partial charge is 0.0611 e. The number of aliphatic hydroxyl groups is 1. The van der Waals surface area contributed by atoms with Gasteiger partial charge in [0.15, 0.2) is 0 Å². The molecule has 0 aliphatic heterocycles. The Hall–Kier alpha value is -0.120. The first-order valence-corrected chi connectivity index (χ1v) is 6.77. The van der Waals surface area contributed by atoms with Gasteiger partial charge in [0, 0.05) is 17.6 Å². The highest BCUT2D eigenvalue weighted by Crippen LogP contribution is 2.19. The van der Waals surface area contributed by atoms with Gasteiger partial charge in [-0.25, -0.2) is 0 Å². The van der Waals surface area contributed by atoms with Crippen molar-refractivity contribution < 1.29 is 5.11 Å². The standard InChI is InChI=1S/C14H32N2O/c1-11(2)8-12(3)16(7)13(4)9-14(5,10-17)15-6/h11-13,15,17H,8-10H2,1-7H3. The molecule has 17 heavy (non-hydrogen) atoms. The van der Waals surface area contributed by atoms with Crippen LogP contribution in [-0.2, 0) is 0 Å². The van der Waals surface area contributed by atoms with Crippen LogP contribution in [-0.4, -0.2) is 48.3 Å². The van der Waals surface area contributed by atoms with Crippen LogP contribution in [0.1, 0.15) is 47.5 Å². The quantitative estimate of drug-likeness (QED) is 0.686. The molecule has 0 spiro atoms. The largest absolute Gasteiger partial charge is 0.394 e. The summed E-state index contributed by atoms with van der Waals surface area (Å²) in [5, 5.41) is 12.6. The van der Waals surface area contributed by atoms with Crippen LogP contribution in [0.4, 0.5) is 0 Å². The minimum atomic E-state index is -0.175. The van der Waals surface area contributed by atoms with Crippen LogP contribution in [0.3, 0.4) is 0 Å². The topological polar surface area (TPSA) is 35.5 Å². The molecule has 3 atom stereocenters. The van der Waals surface area contributed by atoms with Crippen molar-refractivity contribution in [3.05, 3.63) is 0 Å². The van der Waals surface area contributed by atoms with E-state index in [4.69, 9.17) is 0 Å². The summed E-state index contributed by atoms with van der Waals surface area (Å²) in [5.41, 5.74) is -0.175. The van der Waals surface area contributed by atoms with E-state index in [1.165, 1.54) is 6.42 Å². The Labute approximate surface area is 108 Å².